The molecule has 1 aliphatic heterocycles. The zero-order valence-corrected chi connectivity index (χ0v) is 12.0. The number of piperidine rings is 1. The number of hydrogen-bond donors (Lipinski definition) is 1. The predicted octanol–water partition coefficient (Wildman–Crippen LogP) is 2.33. The summed E-state index contributed by atoms with van der Waals surface area (Å²) in [4.78, 5) is 17.2. The zero-order valence-electron chi connectivity index (χ0n) is 12.0. The molecule has 0 radical (unpaired) electrons. The van der Waals surface area contributed by atoms with Gasteiger partial charge in [-0.1, -0.05) is 0 Å². The molecule has 2 heterocycles. The van der Waals surface area contributed by atoms with E-state index in [-0.39, 0.29) is 10.6 Å². The smallest absolute Gasteiger partial charge is 0.270 e. The van der Waals surface area contributed by atoms with Crippen molar-refractivity contribution < 1.29 is 4.92 Å². The molecular formula is C15H18N4O2. The highest BCUT2D eigenvalue weighted by atomic mass is 16.6. The minimum absolute atomic E-state index is 0.0990. The molecule has 1 atom stereocenters. The van der Waals surface area contributed by atoms with E-state index in [0.29, 0.717) is 6.04 Å². The number of rotatable bonds is 3. The third-order valence-electron chi connectivity index (χ3n) is 4.05. The topological polar surface area (TPSA) is 71.3 Å². The normalized spacial score (nSPS) is 18.6. The highest BCUT2D eigenvalue weighted by molar-refractivity contribution is 5.82. The van der Waals surface area contributed by atoms with E-state index in [1.54, 1.807) is 12.1 Å². The fourth-order valence-corrected chi connectivity index (χ4v) is 2.76. The van der Waals surface area contributed by atoms with E-state index in [9.17, 15) is 10.1 Å². The second-order valence-electron chi connectivity index (χ2n) is 5.41. The molecule has 1 saturated heterocycles. The Balaban J connectivity index is 1.89. The van der Waals surface area contributed by atoms with Gasteiger partial charge in [-0.2, -0.15) is 0 Å². The maximum atomic E-state index is 10.8. The maximum Gasteiger partial charge on any atom is 0.270 e. The summed E-state index contributed by atoms with van der Waals surface area (Å²) < 4.78 is 0. The van der Waals surface area contributed by atoms with E-state index >= 15 is 0 Å². The van der Waals surface area contributed by atoms with E-state index in [1.165, 1.54) is 12.5 Å². The Bertz CT molecular complexity index is 668. The van der Waals surface area contributed by atoms with Crippen LogP contribution in [0.2, 0.25) is 0 Å². The molecule has 0 bridgehead atoms. The van der Waals surface area contributed by atoms with Crippen LogP contribution in [0.3, 0.4) is 0 Å². The van der Waals surface area contributed by atoms with Gasteiger partial charge in [0.15, 0.2) is 0 Å². The monoisotopic (exact) mass is 286 g/mol. The average Bonchev–Trinajstić information content (AvgIpc) is 2.54. The van der Waals surface area contributed by atoms with Gasteiger partial charge in [0.05, 0.1) is 10.4 Å². The summed E-state index contributed by atoms with van der Waals surface area (Å²) in [6, 6.07) is 9.05. The van der Waals surface area contributed by atoms with E-state index < -0.39 is 0 Å². The molecule has 6 heteroatoms. The Hall–Kier alpha value is -2.21. The quantitative estimate of drug-likeness (QED) is 0.692. The third kappa shape index (κ3) is 2.80. The molecule has 1 aliphatic rings. The van der Waals surface area contributed by atoms with Crippen molar-refractivity contribution in [2.24, 2.45) is 0 Å². The van der Waals surface area contributed by atoms with Gasteiger partial charge in [0, 0.05) is 37.2 Å². The lowest BCUT2D eigenvalue weighted by Gasteiger charge is -2.32. The van der Waals surface area contributed by atoms with Crippen molar-refractivity contribution in [2.45, 2.75) is 18.9 Å². The Labute approximate surface area is 122 Å². The lowest BCUT2D eigenvalue weighted by molar-refractivity contribution is -0.384. The van der Waals surface area contributed by atoms with Crippen LogP contribution in [-0.2, 0) is 0 Å². The van der Waals surface area contributed by atoms with Crippen molar-refractivity contribution >= 4 is 22.4 Å². The molecular weight excluding hydrogens is 268 g/mol. The maximum absolute atomic E-state index is 10.8. The fraction of sp³-hybridized carbons (Fsp3) is 0.400. The predicted molar refractivity (Wildman–Crippen MR) is 82.7 cm³/mol. The van der Waals surface area contributed by atoms with E-state index in [4.69, 9.17) is 0 Å². The Morgan fingerprint density at radius 1 is 1.38 bits per heavy atom. The van der Waals surface area contributed by atoms with Crippen LogP contribution in [0.1, 0.15) is 12.8 Å². The number of nitro groups is 1. The Morgan fingerprint density at radius 2 is 2.24 bits per heavy atom. The van der Waals surface area contributed by atoms with Crippen LogP contribution in [0.4, 0.5) is 11.5 Å². The van der Waals surface area contributed by atoms with Crippen LogP contribution in [0.5, 0.6) is 0 Å². The average molecular weight is 286 g/mol. The molecule has 21 heavy (non-hydrogen) atoms. The molecule has 0 spiro atoms. The van der Waals surface area contributed by atoms with Crippen molar-refractivity contribution in [3.63, 3.8) is 0 Å². The molecule has 0 amide bonds. The lowest BCUT2D eigenvalue weighted by atomic mass is 10.1. The minimum Gasteiger partial charge on any atom is -0.355 e. The summed E-state index contributed by atoms with van der Waals surface area (Å²) in [6.45, 7) is 2.05. The first-order valence-electron chi connectivity index (χ1n) is 7.14. The number of nitrogens with one attached hydrogen (secondary N) is 1. The highest BCUT2D eigenvalue weighted by Gasteiger charge is 2.19. The van der Waals surface area contributed by atoms with Gasteiger partial charge < -0.3 is 10.2 Å². The van der Waals surface area contributed by atoms with Crippen molar-refractivity contribution in [3.05, 3.63) is 40.4 Å². The van der Waals surface area contributed by atoms with Gasteiger partial charge in [-0.3, -0.25) is 10.1 Å². The Kier molecular flexibility index (Phi) is 3.70. The number of aromatic nitrogens is 1. The first-order chi connectivity index (χ1) is 10.1. The number of fused-ring (bicyclic) bond motifs is 1. The van der Waals surface area contributed by atoms with Crippen LogP contribution in [0.15, 0.2) is 30.3 Å². The SMILES string of the molecule is CN(c1ccc2cc([N+](=O)[O-])ccc2n1)C1CCCNC1. The van der Waals surface area contributed by atoms with Crippen LogP contribution in [0, 0.1) is 10.1 Å². The van der Waals surface area contributed by atoms with Gasteiger partial charge in [0.1, 0.15) is 5.82 Å². The minimum atomic E-state index is -0.382. The summed E-state index contributed by atoms with van der Waals surface area (Å²) in [5.41, 5.74) is 0.885. The summed E-state index contributed by atoms with van der Waals surface area (Å²) in [6.07, 6.45) is 2.33. The largest absolute Gasteiger partial charge is 0.355 e. The fourth-order valence-electron chi connectivity index (χ4n) is 2.76. The molecule has 0 aliphatic carbocycles. The van der Waals surface area contributed by atoms with Crippen LogP contribution in [0.25, 0.3) is 10.9 Å². The molecule has 1 N–H and O–H groups in total. The highest BCUT2D eigenvalue weighted by Crippen LogP contribution is 2.23. The summed E-state index contributed by atoms with van der Waals surface area (Å²) in [7, 11) is 2.05. The molecule has 1 aromatic carbocycles. The van der Waals surface area contributed by atoms with Gasteiger partial charge in [-0.25, -0.2) is 4.98 Å². The molecule has 1 unspecified atom stereocenters. The Morgan fingerprint density at radius 3 is 2.95 bits per heavy atom. The second kappa shape index (κ2) is 5.65. The second-order valence-corrected chi connectivity index (χ2v) is 5.41. The van der Waals surface area contributed by atoms with Crippen molar-refractivity contribution in [3.8, 4) is 0 Å². The van der Waals surface area contributed by atoms with Gasteiger partial charge in [0.2, 0.25) is 0 Å². The number of non-ortho nitro benzene ring substituents is 1. The molecule has 6 nitrogen and oxygen atoms in total. The van der Waals surface area contributed by atoms with E-state index in [0.717, 1.165) is 36.2 Å². The van der Waals surface area contributed by atoms with Crippen LogP contribution in [-0.4, -0.2) is 36.1 Å². The molecule has 1 fully saturated rings. The summed E-state index contributed by atoms with van der Waals surface area (Å²) in [5, 5.41) is 15.0. The molecule has 3 rings (SSSR count). The van der Waals surface area contributed by atoms with Crippen molar-refractivity contribution in [1.82, 2.24) is 10.3 Å². The van der Waals surface area contributed by atoms with Crippen molar-refractivity contribution in [1.29, 1.82) is 0 Å². The van der Waals surface area contributed by atoms with Crippen molar-refractivity contribution in [2.75, 3.05) is 25.0 Å². The van der Waals surface area contributed by atoms with E-state index in [1.807, 2.05) is 12.1 Å². The number of hydrogen-bond acceptors (Lipinski definition) is 5. The summed E-state index contributed by atoms with van der Waals surface area (Å²) >= 11 is 0. The standard InChI is InChI=1S/C15H18N4O2/c1-18(13-3-2-8-16-10-13)15-7-4-11-9-12(19(20)21)5-6-14(11)17-15/h4-7,9,13,16H,2-3,8,10H2,1H3. The molecule has 110 valence electrons. The van der Waals surface area contributed by atoms with Gasteiger partial charge in [0.25, 0.3) is 5.69 Å². The molecule has 1 aromatic heterocycles. The number of nitrogens with zero attached hydrogens (tertiary/aromatic N) is 3. The number of anilines is 1. The first-order valence-corrected chi connectivity index (χ1v) is 7.14. The number of benzene rings is 1. The van der Waals surface area contributed by atoms with E-state index in [2.05, 4.69) is 22.2 Å². The number of likely N-dealkylation sites (N-methyl/N-ethyl adjacent to an activating group) is 1. The number of nitro benzene ring substituents is 1. The first kappa shape index (κ1) is 13.8. The van der Waals surface area contributed by atoms with Crippen LogP contribution < -0.4 is 10.2 Å². The summed E-state index contributed by atoms with van der Waals surface area (Å²) in [5.74, 6) is 0.907. The third-order valence-corrected chi connectivity index (χ3v) is 4.05. The van der Waals surface area contributed by atoms with Gasteiger partial charge in [-0.15, -0.1) is 0 Å². The van der Waals surface area contributed by atoms with Gasteiger partial charge in [-0.05, 0) is 37.6 Å². The molecule has 0 saturated carbocycles. The van der Waals surface area contributed by atoms with Gasteiger partial charge >= 0.3 is 0 Å². The zero-order chi connectivity index (χ0) is 14.8. The van der Waals surface area contributed by atoms with Crippen LogP contribution >= 0.6 is 0 Å². The molecule has 2 aromatic rings. The number of pyridine rings is 1. The lowest BCUT2D eigenvalue weighted by Crippen LogP contribution is -2.44.